The van der Waals surface area contributed by atoms with Crippen LogP contribution in [-0.2, 0) is 10.1 Å². The molecular formula is C17H33F6NO3S. The zero-order chi connectivity index (χ0) is 22.9. The third kappa shape index (κ3) is 7.37. The molecule has 0 amide bonds. The van der Waals surface area contributed by atoms with E-state index in [1.54, 1.807) is 6.92 Å². The van der Waals surface area contributed by atoms with E-state index in [4.69, 9.17) is 0 Å². The predicted molar refractivity (Wildman–Crippen MR) is 95.7 cm³/mol. The minimum atomic E-state index is -6.89. The summed E-state index contributed by atoms with van der Waals surface area (Å²) in [6.45, 7) is 15.9. The quantitative estimate of drug-likeness (QED) is 0.178. The van der Waals surface area contributed by atoms with E-state index < -0.39 is 40.1 Å². The molecule has 0 fully saturated rings. The molecule has 0 radical (unpaired) electrons. The van der Waals surface area contributed by atoms with Crippen molar-refractivity contribution in [1.29, 1.82) is 0 Å². The summed E-state index contributed by atoms with van der Waals surface area (Å²) >= 11 is 0. The summed E-state index contributed by atoms with van der Waals surface area (Å²) in [5.41, 5.74) is 0. The van der Waals surface area contributed by atoms with Crippen LogP contribution < -0.4 is 0 Å². The number of alkyl halides is 6. The first-order valence-electron chi connectivity index (χ1n) is 9.49. The lowest BCUT2D eigenvalue weighted by Crippen LogP contribution is -2.57. The van der Waals surface area contributed by atoms with Gasteiger partial charge in [-0.05, 0) is 34.1 Å². The standard InChI is InChI=1S/C9H14F6O3S.C8H20N/c1-2-3-4-5-6-7(10,11)8(12,13)9(14,15)19(16,17)18;1-5-9(6-2,7-3)8-4/h2-6H2,1H3,(H,16,17,18);5-8H2,1-4H3/q;+1/p-1. The van der Waals surface area contributed by atoms with Crippen LogP contribution in [0.4, 0.5) is 26.3 Å². The molecule has 0 aliphatic rings. The number of quaternary nitrogens is 1. The predicted octanol–water partition coefficient (Wildman–Crippen LogP) is 5.25. The number of hydrogen-bond donors (Lipinski definition) is 0. The van der Waals surface area contributed by atoms with E-state index in [-0.39, 0.29) is 6.42 Å². The van der Waals surface area contributed by atoms with Gasteiger partial charge in [0.15, 0.2) is 10.1 Å². The maximum Gasteiger partial charge on any atom is 0.402 e. The summed E-state index contributed by atoms with van der Waals surface area (Å²) in [5.74, 6) is -11.5. The van der Waals surface area contributed by atoms with Crippen molar-refractivity contribution in [2.45, 2.75) is 83.8 Å². The molecule has 0 bridgehead atoms. The lowest BCUT2D eigenvalue weighted by atomic mass is 10.0. The van der Waals surface area contributed by atoms with Gasteiger partial charge in [0, 0.05) is 6.42 Å². The van der Waals surface area contributed by atoms with Gasteiger partial charge in [0.2, 0.25) is 0 Å². The van der Waals surface area contributed by atoms with Crippen LogP contribution in [0.5, 0.6) is 0 Å². The summed E-state index contributed by atoms with van der Waals surface area (Å²) in [4.78, 5) is 0. The second-order valence-corrected chi connectivity index (χ2v) is 8.09. The van der Waals surface area contributed by atoms with Crippen LogP contribution in [-0.4, -0.2) is 60.7 Å². The van der Waals surface area contributed by atoms with E-state index in [2.05, 4.69) is 27.7 Å². The van der Waals surface area contributed by atoms with Crippen molar-refractivity contribution >= 4 is 10.1 Å². The highest BCUT2D eigenvalue weighted by molar-refractivity contribution is 7.86. The summed E-state index contributed by atoms with van der Waals surface area (Å²) in [6, 6.07) is 0. The molecule has 0 aliphatic carbocycles. The van der Waals surface area contributed by atoms with Crippen LogP contribution in [0.25, 0.3) is 0 Å². The van der Waals surface area contributed by atoms with E-state index in [9.17, 15) is 39.3 Å². The van der Waals surface area contributed by atoms with E-state index in [0.29, 0.717) is 12.8 Å². The molecule has 0 rings (SSSR count). The number of nitrogens with zero attached hydrogens (tertiary/aromatic N) is 1. The Kier molecular flexibility index (Phi) is 12.3. The molecule has 28 heavy (non-hydrogen) atoms. The Morgan fingerprint density at radius 1 is 0.750 bits per heavy atom. The Morgan fingerprint density at radius 2 is 1.14 bits per heavy atom. The van der Waals surface area contributed by atoms with Crippen molar-refractivity contribution in [1.82, 2.24) is 0 Å². The molecule has 0 spiro atoms. The van der Waals surface area contributed by atoms with Crippen LogP contribution in [0.3, 0.4) is 0 Å². The molecule has 0 aromatic heterocycles. The fraction of sp³-hybridized carbons (Fsp3) is 1.00. The number of halogens is 6. The number of unbranched alkanes of at least 4 members (excludes halogenated alkanes) is 3. The van der Waals surface area contributed by atoms with E-state index in [1.807, 2.05) is 0 Å². The molecule has 0 aliphatic heterocycles. The number of hydrogen-bond acceptors (Lipinski definition) is 3. The molecule has 0 aromatic rings. The minimum Gasteiger partial charge on any atom is -0.743 e. The van der Waals surface area contributed by atoms with Crippen LogP contribution in [0.1, 0.15) is 66.7 Å². The Balaban J connectivity index is 0. The van der Waals surface area contributed by atoms with Gasteiger partial charge in [0.05, 0.1) is 26.2 Å². The molecule has 11 heteroatoms. The average Bonchev–Trinajstić information content (AvgIpc) is 2.60. The third-order valence-corrected chi connectivity index (χ3v) is 6.05. The Hall–Kier alpha value is -0.550. The lowest BCUT2D eigenvalue weighted by Gasteiger charge is -2.34. The Labute approximate surface area is 164 Å². The molecule has 4 nitrogen and oxygen atoms in total. The van der Waals surface area contributed by atoms with Crippen molar-refractivity contribution in [2.24, 2.45) is 0 Å². The van der Waals surface area contributed by atoms with Crippen molar-refractivity contribution in [2.75, 3.05) is 26.2 Å². The molecular weight excluding hydrogens is 412 g/mol. The summed E-state index contributed by atoms with van der Waals surface area (Å²) in [5, 5.41) is -6.35. The van der Waals surface area contributed by atoms with E-state index >= 15 is 0 Å². The van der Waals surface area contributed by atoms with Gasteiger partial charge in [-0.15, -0.1) is 0 Å². The Morgan fingerprint density at radius 3 is 1.39 bits per heavy atom. The molecule has 172 valence electrons. The fourth-order valence-electron chi connectivity index (χ4n) is 2.64. The van der Waals surface area contributed by atoms with E-state index in [1.165, 1.54) is 30.7 Å². The highest BCUT2D eigenvalue weighted by atomic mass is 32.2. The zero-order valence-electron chi connectivity index (χ0n) is 17.2. The van der Waals surface area contributed by atoms with Crippen molar-refractivity contribution in [3.8, 4) is 0 Å². The van der Waals surface area contributed by atoms with Crippen molar-refractivity contribution in [3.05, 3.63) is 0 Å². The molecule has 0 saturated heterocycles. The smallest absolute Gasteiger partial charge is 0.402 e. The molecule has 0 saturated carbocycles. The maximum absolute atomic E-state index is 13.0. The fourth-order valence-corrected chi connectivity index (χ4v) is 3.11. The SMILES string of the molecule is CCCCCCC(F)(F)C(F)(F)C(F)(F)S(=O)(=O)[O-].CC[N+](CC)(CC)CC. The van der Waals surface area contributed by atoms with Crippen LogP contribution >= 0.6 is 0 Å². The first-order chi connectivity index (χ1) is 12.6. The first-order valence-corrected chi connectivity index (χ1v) is 10.9. The van der Waals surface area contributed by atoms with Crippen LogP contribution in [0.15, 0.2) is 0 Å². The van der Waals surface area contributed by atoms with Gasteiger partial charge in [-0.2, -0.15) is 26.3 Å². The first kappa shape index (κ1) is 29.6. The maximum atomic E-state index is 13.0. The summed E-state index contributed by atoms with van der Waals surface area (Å²) in [7, 11) is -6.89. The van der Waals surface area contributed by atoms with Crippen LogP contribution in [0.2, 0.25) is 0 Å². The molecule has 0 unspecified atom stereocenters. The zero-order valence-corrected chi connectivity index (χ0v) is 18.0. The van der Waals surface area contributed by atoms with Crippen molar-refractivity contribution < 1.29 is 43.8 Å². The lowest BCUT2D eigenvalue weighted by molar-refractivity contribution is -0.921. The highest BCUT2D eigenvalue weighted by Gasteiger charge is 2.74. The van der Waals surface area contributed by atoms with Crippen LogP contribution in [0, 0.1) is 0 Å². The summed E-state index contributed by atoms with van der Waals surface area (Å²) in [6.07, 6.45) is -0.945. The largest absolute Gasteiger partial charge is 0.743 e. The molecule has 0 aromatic carbocycles. The summed E-state index contributed by atoms with van der Waals surface area (Å²) < 4.78 is 108. The minimum absolute atomic E-state index is 0.109. The van der Waals surface area contributed by atoms with Gasteiger partial charge in [0.25, 0.3) is 0 Å². The second-order valence-electron chi connectivity index (χ2n) is 6.67. The second kappa shape index (κ2) is 11.6. The number of rotatable bonds is 12. The van der Waals surface area contributed by atoms with Gasteiger partial charge in [-0.1, -0.05) is 26.2 Å². The van der Waals surface area contributed by atoms with Gasteiger partial charge >= 0.3 is 17.1 Å². The topological polar surface area (TPSA) is 57.2 Å². The van der Waals surface area contributed by atoms with Gasteiger partial charge in [0.1, 0.15) is 0 Å². The molecule has 0 heterocycles. The Bertz CT molecular complexity index is 520. The van der Waals surface area contributed by atoms with Gasteiger partial charge < -0.3 is 9.04 Å². The average molecular weight is 446 g/mol. The third-order valence-electron chi connectivity index (χ3n) is 5.17. The monoisotopic (exact) mass is 445 g/mol. The van der Waals surface area contributed by atoms with Gasteiger partial charge in [-0.25, -0.2) is 8.42 Å². The molecule has 0 N–H and O–H groups in total. The highest BCUT2D eigenvalue weighted by Crippen LogP contribution is 2.50. The van der Waals surface area contributed by atoms with Crippen molar-refractivity contribution in [3.63, 3.8) is 0 Å². The normalized spacial score (nSPS) is 13.9. The van der Waals surface area contributed by atoms with Gasteiger partial charge in [-0.3, -0.25) is 0 Å². The molecule has 0 atom stereocenters. The van der Waals surface area contributed by atoms with E-state index in [0.717, 1.165) is 0 Å².